The Morgan fingerprint density at radius 2 is 2.10 bits per heavy atom. The molecule has 3 atom stereocenters. The fraction of sp³-hybridized carbons (Fsp3) is 0.462. The van der Waals surface area contributed by atoms with E-state index in [1.165, 1.54) is 0 Å². The van der Waals surface area contributed by atoms with Gasteiger partial charge in [0.1, 0.15) is 0 Å². The molecule has 0 aromatic heterocycles. The first-order chi connectivity index (χ1) is 9.45. The van der Waals surface area contributed by atoms with Crippen LogP contribution in [0.1, 0.15) is 13.3 Å². The van der Waals surface area contributed by atoms with Gasteiger partial charge in [0.2, 0.25) is 0 Å². The molecule has 7 heteroatoms. The maximum atomic E-state index is 13.9. The summed E-state index contributed by atoms with van der Waals surface area (Å²) in [4.78, 5) is 11.9. The Morgan fingerprint density at radius 1 is 1.45 bits per heavy atom. The van der Waals surface area contributed by atoms with Gasteiger partial charge < -0.3 is 0 Å². The van der Waals surface area contributed by atoms with Gasteiger partial charge in [0.05, 0.1) is 0 Å². The average Bonchev–Trinajstić information content (AvgIpc) is 2.63. The van der Waals surface area contributed by atoms with Crippen molar-refractivity contribution in [3.63, 3.8) is 0 Å². The Hall–Kier alpha value is -0.127. The van der Waals surface area contributed by atoms with Crippen LogP contribution in [0.3, 0.4) is 0 Å². The molecule has 20 heavy (non-hydrogen) atoms. The summed E-state index contributed by atoms with van der Waals surface area (Å²) >= 11 is 1.00. The third kappa shape index (κ3) is 3.55. The van der Waals surface area contributed by atoms with E-state index in [1.807, 2.05) is 30.3 Å². The topological polar surface area (TPSA) is 35.5 Å². The van der Waals surface area contributed by atoms with Gasteiger partial charge in [-0.25, -0.2) is 0 Å². The van der Waals surface area contributed by atoms with Gasteiger partial charge in [-0.3, -0.25) is 0 Å². The van der Waals surface area contributed by atoms with Crippen molar-refractivity contribution in [2.75, 3.05) is 0 Å². The summed E-state index contributed by atoms with van der Waals surface area (Å²) < 4.78 is 38.4. The zero-order chi connectivity index (χ0) is 14.8. The van der Waals surface area contributed by atoms with Crippen LogP contribution in [-0.4, -0.2) is 50.1 Å². The van der Waals surface area contributed by atoms with E-state index in [-0.39, 0.29) is 0 Å². The number of ether oxygens (including phenoxy) is 2. The molecule has 1 heterocycles. The van der Waals surface area contributed by atoms with Crippen molar-refractivity contribution in [2.45, 2.75) is 36.5 Å². The average molecular weight is 544 g/mol. The molecule has 1 aromatic carbocycles. The van der Waals surface area contributed by atoms with Crippen LogP contribution in [-0.2, 0) is 9.47 Å². The molecule has 0 spiro atoms. The molecule has 0 bridgehead atoms. The van der Waals surface area contributed by atoms with Gasteiger partial charge in [-0.15, -0.1) is 0 Å². The Bertz CT molecular complexity index is 472. The second-order valence-corrected chi connectivity index (χ2v) is 9.45. The Labute approximate surface area is 135 Å². The molecule has 2 rings (SSSR count). The van der Waals surface area contributed by atoms with E-state index < -0.39 is 50.1 Å². The summed E-state index contributed by atoms with van der Waals surface area (Å²) in [5, 5.41) is -1.40. The van der Waals surface area contributed by atoms with Crippen molar-refractivity contribution < 1.29 is 23.0 Å². The zero-order valence-corrected chi connectivity index (χ0v) is 15.7. The predicted octanol–water partition coefficient (Wildman–Crippen LogP) is 2.69. The van der Waals surface area contributed by atoms with Crippen LogP contribution in [0.15, 0.2) is 30.3 Å². The molecule has 1 aliphatic rings. The summed E-state index contributed by atoms with van der Waals surface area (Å²) in [5.41, 5.74) is 0. The van der Waals surface area contributed by atoms with Crippen LogP contribution >= 0.6 is 15.9 Å². The van der Waals surface area contributed by atoms with Gasteiger partial charge in [0, 0.05) is 0 Å². The van der Waals surface area contributed by atoms with Crippen LogP contribution < -0.4 is 3.27 Å². The molecule has 1 unspecified atom stereocenters. The van der Waals surface area contributed by atoms with Gasteiger partial charge >= 0.3 is 136 Å². The number of carbonyl (C=O) groups is 1. The maximum absolute atomic E-state index is 13.9. The van der Waals surface area contributed by atoms with Crippen molar-refractivity contribution in [1.82, 2.24) is 0 Å². The van der Waals surface area contributed by atoms with Crippen LogP contribution in [0, 0.1) is 0 Å². The first-order valence-corrected chi connectivity index (χ1v) is 10.5. The number of hydrogen-bond acceptors (Lipinski definition) is 3. The number of hydrogen-bond donors (Lipinski definition) is 0. The molecule has 1 aromatic rings. The zero-order valence-electron chi connectivity index (χ0n) is 10.6. The van der Waals surface area contributed by atoms with Crippen LogP contribution in [0.4, 0.5) is 13.6 Å². The van der Waals surface area contributed by atoms with Crippen molar-refractivity contribution in [3.8, 4) is 0 Å². The van der Waals surface area contributed by atoms with Crippen LogP contribution in [0.2, 0.25) is 0 Å². The molecule has 1 saturated heterocycles. The minimum absolute atomic E-state index is 0.368. The van der Waals surface area contributed by atoms with Crippen LogP contribution in [0.25, 0.3) is 0 Å². The van der Waals surface area contributed by atoms with Gasteiger partial charge in [-0.1, -0.05) is 0 Å². The van der Waals surface area contributed by atoms with E-state index in [0.29, 0.717) is 6.42 Å². The molecule has 109 valence electrons. The standard InChI is InChI=1S/C7H8BrF2O3.C6H5.Bi/c1-2-4-5(12-3-11)7(9,10)6(8)13-4;1-2-4-6-5-3-1;/h4-6H,2H2,1H3;1-5H;/t4-,5?,6-;;/m1../s1. The van der Waals surface area contributed by atoms with E-state index >= 15 is 0 Å². The first-order valence-electron chi connectivity index (χ1n) is 6.10. The summed E-state index contributed by atoms with van der Waals surface area (Å²) in [6.45, 7) is 1.73. The number of benzene rings is 1. The molecule has 3 nitrogen and oxygen atoms in total. The second kappa shape index (κ2) is 6.76. The van der Waals surface area contributed by atoms with Crippen molar-refractivity contribution in [3.05, 3.63) is 30.3 Å². The fourth-order valence-corrected chi connectivity index (χ4v) is 5.15. The molecule has 0 saturated carbocycles. The van der Waals surface area contributed by atoms with E-state index in [4.69, 9.17) is 9.47 Å². The van der Waals surface area contributed by atoms with Crippen molar-refractivity contribution in [1.29, 1.82) is 0 Å². The third-order valence-electron chi connectivity index (χ3n) is 2.92. The summed E-state index contributed by atoms with van der Waals surface area (Å²) in [6.07, 6.45) is -1.90. The van der Waals surface area contributed by atoms with E-state index in [2.05, 4.69) is 15.9 Å². The SMILES string of the molecule is CC[C@H]1O[C@@H](Br)C(F)(F)C1O[C](=O)[Bi][c]1ccccc1. The molecule has 1 aliphatic heterocycles. The summed E-state index contributed by atoms with van der Waals surface area (Å²) in [6, 6.07) is 9.14. The van der Waals surface area contributed by atoms with Gasteiger partial charge in [-0.2, -0.15) is 0 Å². The summed E-state index contributed by atoms with van der Waals surface area (Å²) in [5.74, 6) is -3.20. The Kier molecular flexibility index (Phi) is 5.49. The number of rotatable bonds is 4. The van der Waals surface area contributed by atoms with Gasteiger partial charge in [0.25, 0.3) is 0 Å². The van der Waals surface area contributed by atoms with Crippen LogP contribution in [0.5, 0.6) is 0 Å². The number of carbonyl (C=O) groups excluding carboxylic acids is 1. The molecule has 0 N–H and O–H groups in total. The number of halogens is 3. The van der Waals surface area contributed by atoms with E-state index in [1.54, 1.807) is 6.92 Å². The quantitative estimate of drug-likeness (QED) is 0.433. The monoisotopic (exact) mass is 543 g/mol. The molecule has 1 fully saturated rings. The van der Waals surface area contributed by atoms with Crippen molar-refractivity contribution >= 4 is 46.1 Å². The van der Waals surface area contributed by atoms with Gasteiger partial charge in [-0.05, 0) is 0 Å². The minimum atomic E-state index is -3.20. The number of alkyl halides is 3. The second-order valence-electron chi connectivity index (χ2n) is 4.33. The third-order valence-corrected chi connectivity index (χ3v) is 7.03. The fourth-order valence-electron chi connectivity index (χ4n) is 1.90. The Balaban J connectivity index is 2.02. The predicted molar refractivity (Wildman–Crippen MR) is 74.9 cm³/mol. The molecule has 0 amide bonds. The molecular weight excluding hydrogens is 531 g/mol. The molecule has 0 aliphatic carbocycles. The first kappa shape index (κ1) is 16.2. The van der Waals surface area contributed by atoms with E-state index in [0.717, 1.165) is 3.27 Å². The van der Waals surface area contributed by atoms with Gasteiger partial charge in [0.15, 0.2) is 0 Å². The molecular formula is C13H13BiBrF2O3. The normalized spacial score (nSPS) is 28.3. The van der Waals surface area contributed by atoms with Crippen molar-refractivity contribution in [2.24, 2.45) is 0 Å². The summed E-state index contributed by atoms with van der Waals surface area (Å²) in [7, 11) is 0. The Morgan fingerprint density at radius 3 is 2.70 bits per heavy atom. The molecule has 1 radical (unpaired) electrons. The van der Waals surface area contributed by atoms with E-state index in [9.17, 15) is 13.6 Å².